The second-order valence-electron chi connectivity index (χ2n) is 4.03. The van der Waals surface area contributed by atoms with Crippen molar-refractivity contribution in [2.24, 2.45) is 5.73 Å². The lowest BCUT2D eigenvalue weighted by Gasteiger charge is -2.41. The molecule has 0 radical (unpaired) electrons. The van der Waals surface area contributed by atoms with Crippen molar-refractivity contribution in [1.29, 1.82) is 0 Å². The van der Waals surface area contributed by atoms with Gasteiger partial charge in [0.25, 0.3) is 0 Å². The summed E-state index contributed by atoms with van der Waals surface area (Å²) in [5.41, 5.74) is 4.62. The van der Waals surface area contributed by atoms with Gasteiger partial charge >= 0.3 is 0 Å². The van der Waals surface area contributed by atoms with Gasteiger partial charge in [-0.25, -0.2) is 0 Å². The Balaban J connectivity index is 2.16. The van der Waals surface area contributed by atoms with E-state index < -0.39 is 36.6 Å². The van der Waals surface area contributed by atoms with Crippen molar-refractivity contribution < 1.29 is 25.2 Å². The molecule has 2 aliphatic rings. The quantitative estimate of drug-likeness (QED) is 0.310. The molecule has 1 aliphatic heterocycles. The van der Waals surface area contributed by atoms with Gasteiger partial charge in [0, 0.05) is 6.04 Å². The number of hydrogen-bond donors (Lipinski definition) is 5. The zero-order valence-corrected chi connectivity index (χ0v) is 7.58. The zero-order valence-electron chi connectivity index (χ0n) is 7.58. The third-order valence-electron chi connectivity index (χ3n) is 3.11. The van der Waals surface area contributed by atoms with Crippen LogP contribution in [-0.2, 0) is 4.74 Å². The first kappa shape index (κ1) is 10.3. The van der Waals surface area contributed by atoms with Gasteiger partial charge in [0.05, 0.1) is 6.61 Å². The molecule has 0 aromatic rings. The third-order valence-corrected chi connectivity index (χ3v) is 3.11. The maximum atomic E-state index is 9.63. The van der Waals surface area contributed by atoms with E-state index in [2.05, 4.69) is 0 Å². The number of aliphatic hydroxyl groups excluding tert-OH is 4. The van der Waals surface area contributed by atoms with E-state index in [9.17, 15) is 15.3 Å². The minimum absolute atomic E-state index is 0.339. The molecule has 82 valence electrons. The molecular formula is C8H15NO5. The highest BCUT2D eigenvalue weighted by molar-refractivity contribution is 5.19. The summed E-state index contributed by atoms with van der Waals surface area (Å²) in [4.78, 5) is 0. The molecule has 0 amide bonds. The van der Waals surface area contributed by atoms with Crippen LogP contribution in [0.15, 0.2) is 0 Å². The molecule has 1 aliphatic carbocycles. The Morgan fingerprint density at radius 3 is 2.29 bits per heavy atom. The molecule has 6 N–H and O–H groups in total. The Morgan fingerprint density at radius 2 is 1.86 bits per heavy atom. The van der Waals surface area contributed by atoms with Crippen LogP contribution >= 0.6 is 0 Å². The fourth-order valence-corrected chi connectivity index (χ4v) is 2.02. The molecule has 1 saturated carbocycles. The van der Waals surface area contributed by atoms with E-state index >= 15 is 0 Å². The van der Waals surface area contributed by atoms with Gasteiger partial charge in [-0.1, -0.05) is 0 Å². The first-order chi connectivity index (χ1) is 6.53. The fourth-order valence-electron chi connectivity index (χ4n) is 2.02. The largest absolute Gasteiger partial charge is 0.394 e. The fraction of sp³-hybridized carbons (Fsp3) is 1.00. The summed E-state index contributed by atoms with van der Waals surface area (Å²) in [5, 5.41) is 37.4. The van der Waals surface area contributed by atoms with Gasteiger partial charge < -0.3 is 30.9 Å². The van der Waals surface area contributed by atoms with Crippen molar-refractivity contribution in [2.45, 2.75) is 42.5 Å². The standard InChI is InChI=1S/C8H15NO5/c9-4-1-8(4)7(13)6(12)5(11)3(2-10)14-8/h3-7,10-13H,1-2,9H2/t3-,4+,5+,6+,7-,8-/m1/s1. The van der Waals surface area contributed by atoms with Crippen molar-refractivity contribution >= 4 is 0 Å². The third kappa shape index (κ3) is 1.19. The SMILES string of the molecule is N[C@H]1C[C@@]12O[C@H](CO)[C@H](O)[C@H](O)[C@H]2O. The van der Waals surface area contributed by atoms with E-state index in [1.165, 1.54) is 0 Å². The number of nitrogens with two attached hydrogens (primary N) is 1. The number of rotatable bonds is 1. The lowest BCUT2D eigenvalue weighted by atomic mass is 9.93. The molecule has 0 aromatic heterocycles. The summed E-state index contributed by atoms with van der Waals surface area (Å²) in [7, 11) is 0. The van der Waals surface area contributed by atoms with Gasteiger partial charge in [-0.2, -0.15) is 0 Å². The molecule has 6 heteroatoms. The first-order valence-corrected chi connectivity index (χ1v) is 4.61. The Labute approximate surface area is 80.9 Å². The Hall–Kier alpha value is -0.240. The van der Waals surface area contributed by atoms with Crippen molar-refractivity contribution in [1.82, 2.24) is 0 Å². The van der Waals surface area contributed by atoms with Gasteiger partial charge in [-0.15, -0.1) is 0 Å². The van der Waals surface area contributed by atoms with Crippen molar-refractivity contribution in [3.63, 3.8) is 0 Å². The van der Waals surface area contributed by atoms with E-state index in [-0.39, 0.29) is 6.04 Å². The minimum atomic E-state index is -1.31. The molecule has 1 heterocycles. The van der Waals surface area contributed by atoms with E-state index in [0.717, 1.165) is 0 Å². The van der Waals surface area contributed by atoms with Crippen LogP contribution in [0.4, 0.5) is 0 Å². The van der Waals surface area contributed by atoms with Crippen LogP contribution in [0.2, 0.25) is 0 Å². The lowest BCUT2D eigenvalue weighted by molar-refractivity contribution is -0.241. The van der Waals surface area contributed by atoms with Crippen LogP contribution in [0.5, 0.6) is 0 Å². The van der Waals surface area contributed by atoms with E-state index in [4.69, 9.17) is 15.6 Å². The molecule has 14 heavy (non-hydrogen) atoms. The van der Waals surface area contributed by atoms with Crippen LogP contribution in [0.3, 0.4) is 0 Å². The van der Waals surface area contributed by atoms with Gasteiger partial charge in [0.15, 0.2) is 0 Å². The Morgan fingerprint density at radius 1 is 1.29 bits per heavy atom. The van der Waals surface area contributed by atoms with Gasteiger partial charge in [-0.05, 0) is 6.42 Å². The number of aliphatic hydroxyl groups is 4. The smallest absolute Gasteiger partial charge is 0.114 e. The molecule has 2 rings (SSSR count). The van der Waals surface area contributed by atoms with Crippen LogP contribution < -0.4 is 5.73 Å². The normalized spacial score (nSPS) is 57.6. The second kappa shape index (κ2) is 3.13. The summed E-state index contributed by atoms with van der Waals surface area (Å²) in [6.07, 6.45) is -4.20. The molecule has 0 unspecified atom stereocenters. The molecule has 6 atom stereocenters. The minimum Gasteiger partial charge on any atom is -0.394 e. The highest BCUT2D eigenvalue weighted by Crippen LogP contribution is 2.47. The van der Waals surface area contributed by atoms with Gasteiger partial charge in [0.2, 0.25) is 0 Å². The highest BCUT2D eigenvalue weighted by atomic mass is 16.6. The summed E-state index contributed by atoms with van der Waals surface area (Å²) < 4.78 is 5.31. The van der Waals surface area contributed by atoms with E-state index in [1.807, 2.05) is 0 Å². The van der Waals surface area contributed by atoms with Gasteiger partial charge in [0.1, 0.15) is 30.0 Å². The maximum Gasteiger partial charge on any atom is 0.114 e. The molecule has 6 nitrogen and oxygen atoms in total. The monoisotopic (exact) mass is 205 g/mol. The van der Waals surface area contributed by atoms with Crippen LogP contribution in [0.1, 0.15) is 6.42 Å². The summed E-state index contributed by atoms with van der Waals surface area (Å²) in [6.45, 7) is -0.403. The van der Waals surface area contributed by atoms with Crippen molar-refractivity contribution in [2.75, 3.05) is 6.61 Å². The molecule has 1 spiro atoms. The summed E-state index contributed by atoms with van der Waals surface area (Å²) in [6, 6.07) is -0.339. The molecular weight excluding hydrogens is 190 g/mol. The number of hydrogen-bond acceptors (Lipinski definition) is 6. The van der Waals surface area contributed by atoms with E-state index in [0.29, 0.717) is 6.42 Å². The zero-order chi connectivity index (χ0) is 10.5. The molecule has 1 saturated heterocycles. The first-order valence-electron chi connectivity index (χ1n) is 4.61. The predicted octanol–water partition coefficient (Wildman–Crippen LogP) is -3.07. The number of ether oxygens (including phenoxy) is 1. The molecule has 0 bridgehead atoms. The average molecular weight is 205 g/mol. The topological polar surface area (TPSA) is 116 Å². The summed E-state index contributed by atoms with van der Waals surface area (Å²) in [5.74, 6) is 0. The van der Waals surface area contributed by atoms with Crippen LogP contribution in [0.25, 0.3) is 0 Å². The lowest BCUT2D eigenvalue weighted by Crippen LogP contribution is -2.61. The highest BCUT2D eigenvalue weighted by Gasteiger charge is 2.65. The van der Waals surface area contributed by atoms with Crippen LogP contribution in [-0.4, -0.2) is 63.1 Å². The molecule has 2 fully saturated rings. The van der Waals surface area contributed by atoms with Crippen LogP contribution in [0, 0.1) is 0 Å². The average Bonchev–Trinajstić information content (AvgIpc) is 2.81. The summed E-state index contributed by atoms with van der Waals surface area (Å²) >= 11 is 0. The Kier molecular flexibility index (Phi) is 2.30. The Bertz CT molecular complexity index is 236. The van der Waals surface area contributed by atoms with Gasteiger partial charge in [-0.3, -0.25) is 0 Å². The van der Waals surface area contributed by atoms with Crippen molar-refractivity contribution in [3.05, 3.63) is 0 Å². The van der Waals surface area contributed by atoms with E-state index in [1.54, 1.807) is 0 Å². The van der Waals surface area contributed by atoms with Crippen molar-refractivity contribution in [3.8, 4) is 0 Å². The predicted molar refractivity (Wildman–Crippen MR) is 45.3 cm³/mol. The maximum absolute atomic E-state index is 9.63. The second-order valence-corrected chi connectivity index (χ2v) is 4.03. The molecule has 0 aromatic carbocycles.